The van der Waals surface area contributed by atoms with Crippen LogP contribution in [0.5, 0.6) is 0 Å². The topological polar surface area (TPSA) is 34.1 Å². The number of allylic oxidation sites excluding steroid dienone is 4. The lowest BCUT2D eigenvalue weighted by Crippen LogP contribution is -2.27. The zero-order valence-electron chi connectivity index (χ0n) is 6.91. The number of carbonyl (C=O) groups excluding carboxylic acids is 2. The quantitative estimate of drug-likeness (QED) is 0.503. The molecule has 0 bridgehead atoms. The van der Waals surface area contributed by atoms with Gasteiger partial charge in [-0.2, -0.15) is 0 Å². The van der Waals surface area contributed by atoms with E-state index >= 15 is 0 Å². The third-order valence-electron chi connectivity index (χ3n) is 2.50. The molecule has 0 aromatic rings. The van der Waals surface area contributed by atoms with Gasteiger partial charge in [0.2, 0.25) is 0 Å². The standard InChI is InChI=1S/C10H10O2/c1-6-4-7-2-3-8(11)10(7)9(12)5-6/h2-3,5,7,10H,4H2,1H3. The SMILES string of the molecule is CC1=CC(=O)C2C(=O)C=CC2C1. The first-order valence-corrected chi connectivity index (χ1v) is 4.11. The highest BCUT2D eigenvalue weighted by Crippen LogP contribution is 2.33. The lowest BCUT2D eigenvalue weighted by Gasteiger charge is -2.20. The fourth-order valence-corrected chi connectivity index (χ4v) is 1.94. The molecule has 0 heterocycles. The number of fused-ring (bicyclic) bond motifs is 1. The Balaban J connectivity index is 2.36. The Morgan fingerprint density at radius 1 is 1.33 bits per heavy atom. The van der Waals surface area contributed by atoms with Crippen LogP contribution in [0.3, 0.4) is 0 Å². The molecule has 0 N–H and O–H groups in total. The largest absolute Gasteiger partial charge is 0.294 e. The predicted octanol–water partition coefficient (Wildman–Crippen LogP) is 1.28. The molecular formula is C10H10O2. The van der Waals surface area contributed by atoms with E-state index in [1.54, 1.807) is 12.2 Å². The molecular weight excluding hydrogens is 152 g/mol. The molecule has 12 heavy (non-hydrogen) atoms. The molecule has 0 radical (unpaired) electrons. The average Bonchev–Trinajstić information content (AvgIpc) is 2.31. The zero-order valence-corrected chi connectivity index (χ0v) is 6.91. The van der Waals surface area contributed by atoms with E-state index in [2.05, 4.69) is 0 Å². The first kappa shape index (κ1) is 7.47. The van der Waals surface area contributed by atoms with Gasteiger partial charge < -0.3 is 0 Å². The third-order valence-corrected chi connectivity index (χ3v) is 2.50. The lowest BCUT2D eigenvalue weighted by molar-refractivity contribution is -0.128. The minimum Gasteiger partial charge on any atom is -0.294 e. The van der Waals surface area contributed by atoms with Crippen molar-refractivity contribution < 1.29 is 9.59 Å². The highest BCUT2D eigenvalue weighted by Gasteiger charge is 2.37. The molecule has 62 valence electrons. The zero-order chi connectivity index (χ0) is 8.72. The molecule has 0 fully saturated rings. The Kier molecular flexibility index (Phi) is 1.50. The molecule has 0 aromatic heterocycles. The summed E-state index contributed by atoms with van der Waals surface area (Å²) in [5.41, 5.74) is 1.08. The van der Waals surface area contributed by atoms with Crippen molar-refractivity contribution in [3.63, 3.8) is 0 Å². The molecule has 2 heteroatoms. The molecule has 2 unspecified atom stereocenters. The molecule has 2 rings (SSSR count). The summed E-state index contributed by atoms with van der Waals surface area (Å²) in [4.78, 5) is 22.5. The second kappa shape index (κ2) is 2.41. The van der Waals surface area contributed by atoms with Gasteiger partial charge in [-0.1, -0.05) is 11.6 Å². The van der Waals surface area contributed by atoms with E-state index in [0.29, 0.717) is 0 Å². The second-order valence-corrected chi connectivity index (χ2v) is 3.50. The molecule has 2 atom stereocenters. The molecule has 2 aliphatic carbocycles. The monoisotopic (exact) mass is 162 g/mol. The van der Waals surface area contributed by atoms with Crippen LogP contribution in [0.4, 0.5) is 0 Å². The first-order chi connectivity index (χ1) is 5.68. The highest BCUT2D eigenvalue weighted by molar-refractivity contribution is 6.14. The highest BCUT2D eigenvalue weighted by atomic mass is 16.1. The molecule has 0 saturated heterocycles. The smallest absolute Gasteiger partial charge is 0.167 e. The Morgan fingerprint density at radius 3 is 2.83 bits per heavy atom. The second-order valence-electron chi connectivity index (χ2n) is 3.50. The summed E-state index contributed by atoms with van der Waals surface area (Å²) in [7, 11) is 0. The minimum absolute atomic E-state index is 0.0150. The average molecular weight is 162 g/mol. The fraction of sp³-hybridized carbons (Fsp3) is 0.400. The van der Waals surface area contributed by atoms with Crippen molar-refractivity contribution in [3.05, 3.63) is 23.8 Å². The number of rotatable bonds is 0. The molecule has 0 amide bonds. The van der Waals surface area contributed by atoms with E-state index in [1.807, 2.05) is 13.0 Å². The van der Waals surface area contributed by atoms with Gasteiger partial charge in [-0.3, -0.25) is 9.59 Å². The van der Waals surface area contributed by atoms with Crippen LogP contribution in [0.25, 0.3) is 0 Å². The van der Waals surface area contributed by atoms with Gasteiger partial charge in [0.1, 0.15) is 0 Å². The Hall–Kier alpha value is -1.18. The summed E-state index contributed by atoms with van der Waals surface area (Å²) in [6, 6.07) is 0. The number of hydrogen-bond donors (Lipinski definition) is 0. The molecule has 0 aliphatic heterocycles. The van der Waals surface area contributed by atoms with E-state index in [0.717, 1.165) is 12.0 Å². The van der Waals surface area contributed by atoms with Crippen LogP contribution in [0, 0.1) is 11.8 Å². The summed E-state index contributed by atoms with van der Waals surface area (Å²) in [5.74, 6) is -0.267. The summed E-state index contributed by atoms with van der Waals surface area (Å²) >= 11 is 0. The lowest BCUT2D eigenvalue weighted by atomic mass is 9.81. The van der Waals surface area contributed by atoms with E-state index in [4.69, 9.17) is 0 Å². The van der Waals surface area contributed by atoms with E-state index in [-0.39, 0.29) is 23.4 Å². The van der Waals surface area contributed by atoms with Crippen LogP contribution < -0.4 is 0 Å². The Labute approximate surface area is 71.0 Å². The van der Waals surface area contributed by atoms with Crippen LogP contribution in [0.1, 0.15) is 13.3 Å². The van der Waals surface area contributed by atoms with Gasteiger partial charge in [0.15, 0.2) is 11.6 Å². The van der Waals surface area contributed by atoms with Gasteiger partial charge in [0, 0.05) is 0 Å². The van der Waals surface area contributed by atoms with Crippen molar-refractivity contribution in [2.24, 2.45) is 11.8 Å². The molecule has 0 aromatic carbocycles. The molecule has 0 spiro atoms. The summed E-state index contributed by atoms with van der Waals surface area (Å²) in [6.07, 6.45) is 5.87. The molecule has 2 aliphatic rings. The van der Waals surface area contributed by atoms with Gasteiger partial charge in [-0.15, -0.1) is 0 Å². The van der Waals surface area contributed by atoms with Gasteiger partial charge in [0.05, 0.1) is 5.92 Å². The van der Waals surface area contributed by atoms with Crippen molar-refractivity contribution in [1.29, 1.82) is 0 Å². The van der Waals surface area contributed by atoms with Crippen molar-refractivity contribution >= 4 is 11.6 Å². The minimum atomic E-state index is -0.381. The Bertz CT molecular complexity index is 310. The van der Waals surface area contributed by atoms with Crippen LogP contribution in [0.15, 0.2) is 23.8 Å². The van der Waals surface area contributed by atoms with Crippen molar-refractivity contribution in [3.8, 4) is 0 Å². The van der Waals surface area contributed by atoms with Gasteiger partial charge in [-0.05, 0) is 31.4 Å². The van der Waals surface area contributed by atoms with Gasteiger partial charge in [0.25, 0.3) is 0 Å². The van der Waals surface area contributed by atoms with Crippen LogP contribution >= 0.6 is 0 Å². The van der Waals surface area contributed by atoms with Crippen LogP contribution in [-0.4, -0.2) is 11.6 Å². The summed E-state index contributed by atoms with van der Waals surface area (Å²) < 4.78 is 0. The normalized spacial score (nSPS) is 33.6. The summed E-state index contributed by atoms with van der Waals surface area (Å²) in [5, 5.41) is 0. The van der Waals surface area contributed by atoms with Crippen molar-refractivity contribution in [1.82, 2.24) is 0 Å². The van der Waals surface area contributed by atoms with Crippen LogP contribution in [-0.2, 0) is 9.59 Å². The molecule has 2 nitrogen and oxygen atoms in total. The number of ketones is 2. The first-order valence-electron chi connectivity index (χ1n) is 4.11. The van der Waals surface area contributed by atoms with Crippen molar-refractivity contribution in [2.45, 2.75) is 13.3 Å². The maximum absolute atomic E-state index is 11.4. The molecule has 0 saturated carbocycles. The van der Waals surface area contributed by atoms with E-state index in [1.165, 1.54) is 0 Å². The van der Waals surface area contributed by atoms with E-state index < -0.39 is 0 Å². The van der Waals surface area contributed by atoms with E-state index in [9.17, 15) is 9.59 Å². The van der Waals surface area contributed by atoms with Crippen LogP contribution in [0.2, 0.25) is 0 Å². The number of hydrogen-bond acceptors (Lipinski definition) is 2. The third kappa shape index (κ3) is 0.951. The Morgan fingerprint density at radius 2 is 2.08 bits per heavy atom. The number of carbonyl (C=O) groups is 2. The summed E-state index contributed by atoms with van der Waals surface area (Å²) in [6.45, 7) is 1.94. The van der Waals surface area contributed by atoms with Crippen molar-refractivity contribution in [2.75, 3.05) is 0 Å². The predicted molar refractivity (Wildman–Crippen MR) is 44.5 cm³/mol. The maximum Gasteiger partial charge on any atom is 0.167 e. The van der Waals surface area contributed by atoms with Gasteiger partial charge >= 0.3 is 0 Å². The van der Waals surface area contributed by atoms with Gasteiger partial charge in [-0.25, -0.2) is 0 Å². The maximum atomic E-state index is 11.4. The fourth-order valence-electron chi connectivity index (χ4n) is 1.94.